The van der Waals surface area contributed by atoms with Crippen molar-refractivity contribution >= 4 is 23.2 Å². The average Bonchev–Trinajstić information content (AvgIpc) is 3.08. The molecule has 0 atom stereocenters. The summed E-state index contributed by atoms with van der Waals surface area (Å²) in [7, 11) is 1.59. The number of aromatic nitrogens is 2. The molecule has 0 unspecified atom stereocenters. The van der Waals surface area contributed by atoms with Gasteiger partial charge in [-0.05, 0) is 17.2 Å². The zero-order valence-corrected chi connectivity index (χ0v) is 13.9. The van der Waals surface area contributed by atoms with E-state index in [0.29, 0.717) is 18.0 Å². The fourth-order valence-electron chi connectivity index (χ4n) is 2.44. The first-order valence-electron chi connectivity index (χ1n) is 7.91. The second kappa shape index (κ2) is 8.08. The summed E-state index contributed by atoms with van der Waals surface area (Å²) in [5.74, 6) is -0.188. The van der Waals surface area contributed by atoms with Gasteiger partial charge in [0.15, 0.2) is 0 Å². The van der Waals surface area contributed by atoms with Crippen molar-refractivity contribution in [1.29, 1.82) is 0 Å². The lowest BCUT2D eigenvalue weighted by Crippen LogP contribution is -2.13. The van der Waals surface area contributed by atoms with Crippen molar-refractivity contribution in [3.05, 3.63) is 84.2 Å². The summed E-state index contributed by atoms with van der Waals surface area (Å²) in [6.07, 6.45) is 5.21. The molecule has 0 aliphatic rings. The van der Waals surface area contributed by atoms with Crippen molar-refractivity contribution in [2.75, 3.05) is 12.4 Å². The predicted octanol–water partition coefficient (Wildman–Crippen LogP) is 3.67. The van der Waals surface area contributed by atoms with Crippen LogP contribution < -0.4 is 5.32 Å². The van der Waals surface area contributed by atoms with E-state index in [1.54, 1.807) is 24.2 Å². The predicted molar refractivity (Wildman–Crippen MR) is 98.6 cm³/mol. The Morgan fingerprint density at radius 2 is 1.80 bits per heavy atom. The minimum absolute atomic E-state index is 0.188. The summed E-state index contributed by atoms with van der Waals surface area (Å²) < 4.78 is 6.63. The van der Waals surface area contributed by atoms with Gasteiger partial charge in [-0.3, -0.25) is 4.79 Å². The van der Waals surface area contributed by atoms with Gasteiger partial charge in [-0.15, -0.1) is 0 Å². The molecule has 126 valence electrons. The Morgan fingerprint density at radius 1 is 1.12 bits per heavy atom. The number of amides is 1. The van der Waals surface area contributed by atoms with Crippen LogP contribution in [-0.2, 0) is 16.3 Å². The third-order valence-electron chi connectivity index (χ3n) is 3.59. The minimum Gasteiger partial charge on any atom is -0.362 e. The van der Waals surface area contributed by atoms with Crippen LogP contribution in [-0.4, -0.2) is 22.8 Å². The molecule has 0 fully saturated rings. The maximum absolute atomic E-state index is 12.8. The third kappa shape index (κ3) is 4.43. The summed E-state index contributed by atoms with van der Waals surface area (Å²) in [5, 5.41) is 7.03. The number of rotatable bonds is 6. The Morgan fingerprint density at radius 3 is 2.48 bits per heavy atom. The maximum Gasteiger partial charge on any atom is 0.256 e. The smallest absolute Gasteiger partial charge is 0.256 e. The van der Waals surface area contributed by atoms with Crippen LogP contribution in [0.15, 0.2) is 73.1 Å². The number of carbonyl (C=O) groups excluding carboxylic acids is 1. The van der Waals surface area contributed by atoms with E-state index in [2.05, 4.69) is 10.4 Å². The van der Waals surface area contributed by atoms with Crippen molar-refractivity contribution in [2.24, 2.45) is 0 Å². The van der Waals surface area contributed by atoms with Gasteiger partial charge in [0.1, 0.15) is 6.73 Å². The number of nitrogens with one attached hydrogen (secondary N) is 1. The van der Waals surface area contributed by atoms with Crippen LogP contribution in [0.1, 0.15) is 11.1 Å². The molecular formula is C20H19N3O2. The van der Waals surface area contributed by atoms with Gasteiger partial charge < -0.3 is 10.1 Å². The van der Waals surface area contributed by atoms with Crippen LogP contribution in [0.4, 0.5) is 5.69 Å². The molecule has 0 aliphatic heterocycles. The standard InChI is InChI=1S/C20H19N3O2/c1-25-15-23-14-18(13-21-23)22-20(24)19(17-10-6-3-7-11-17)12-16-8-4-2-5-9-16/h2-14H,15H2,1H3,(H,22,24)/b19-12-. The van der Waals surface area contributed by atoms with E-state index < -0.39 is 0 Å². The van der Waals surface area contributed by atoms with E-state index in [1.165, 1.54) is 0 Å². The van der Waals surface area contributed by atoms with Crippen LogP contribution in [0.2, 0.25) is 0 Å². The molecule has 0 saturated heterocycles. The Hall–Kier alpha value is -3.18. The first-order chi connectivity index (χ1) is 12.3. The lowest BCUT2D eigenvalue weighted by Gasteiger charge is -2.08. The molecule has 3 aromatic rings. The van der Waals surface area contributed by atoms with Crippen LogP contribution in [0, 0.1) is 0 Å². The van der Waals surface area contributed by atoms with Crippen molar-refractivity contribution in [3.8, 4) is 0 Å². The molecule has 0 radical (unpaired) electrons. The number of hydrogen-bond acceptors (Lipinski definition) is 3. The van der Waals surface area contributed by atoms with Crippen LogP contribution >= 0.6 is 0 Å². The number of methoxy groups -OCH3 is 1. The van der Waals surface area contributed by atoms with E-state index in [1.807, 2.05) is 66.7 Å². The number of benzene rings is 2. The molecule has 1 N–H and O–H groups in total. The number of carbonyl (C=O) groups is 1. The van der Waals surface area contributed by atoms with Gasteiger partial charge in [0.25, 0.3) is 5.91 Å². The fraction of sp³-hybridized carbons (Fsp3) is 0.100. The monoisotopic (exact) mass is 333 g/mol. The molecule has 2 aromatic carbocycles. The van der Waals surface area contributed by atoms with E-state index >= 15 is 0 Å². The Balaban J connectivity index is 1.88. The highest BCUT2D eigenvalue weighted by Crippen LogP contribution is 2.20. The highest BCUT2D eigenvalue weighted by Gasteiger charge is 2.13. The molecule has 0 bridgehead atoms. The topological polar surface area (TPSA) is 56.1 Å². The molecule has 0 spiro atoms. The molecule has 0 saturated carbocycles. The molecule has 1 heterocycles. The van der Waals surface area contributed by atoms with Gasteiger partial charge in [0.2, 0.25) is 0 Å². The number of ether oxygens (including phenoxy) is 1. The Bertz CT molecular complexity index is 855. The van der Waals surface area contributed by atoms with Gasteiger partial charge in [0.05, 0.1) is 18.1 Å². The summed E-state index contributed by atoms with van der Waals surface area (Å²) in [6.45, 7) is 0.335. The minimum atomic E-state index is -0.188. The Labute approximate surface area is 146 Å². The molecule has 3 rings (SSSR count). The zero-order valence-electron chi connectivity index (χ0n) is 13.9. The summed E-state index contributed by atoms with van der Waals surface area (Å²) in [6, 6.07) is 19.4. The molecule has 1 aromatic heterocycles. The van der Waals surface area contributed by atoms with Crippen molar-refractivity contribution in [3.63, 3.8) is 0 Å². The first kappa shape index (κ1) is 16.7. The number of nitrogens with zero attached hydrogens (tertiary/aromatic N) is 2. The third-order valence-corrected chi connectivity index (χ3v) is 3.59. The van der Waals surface area contributed by atoms with Crippen molar-refractivity contribution in [1.82, 2.24) is 9.78 Å². The van der Waals surface area contributed by atoms with Crippen LogP contribution in [0.5, 0.6) is 0 Å². The summed E-state index contributed by atoms with van der Waals surface area (Å²) in [5.41, 5.74) is 3.03. The van der Waals surface area contributed by atoms with Gasteiger partial charge in [0, 0.05) is 12.7 Å². The van der Waals surface area contributed by atoms with E-state index in [4.69, 9.17) is 4.74 Å². The second-order valence-electron chi connectivity index (χ2n) is 5.48. The molecular weight excluding hydrogens is 314 g/mol. The SMILES string of the molecule is COCn1cc(NC(=O)/C(=C\c2ccccc2)c2ccccc2)cn1. The molecule has 0 aliphatic carbocycles. The highest BCUT2D eigenvalue weighted by atomic mass is 16.5. The highest BCUT2D eigenvalue weighted by molar-refractivity contribution is 6.29. The number of anilines is 1. The van der Waals surface area contributed by atoms with E-state index in [9.17, 15) is 4.79 Å². The molecule has 5 nitrogen and oxygen atoms in total. The lowest BCUT2D eigenvalue weighted by molar-refractivity contribution is -0.111. The quantitative estimate of drug-likeness (QED) is 0.553. The van der Waals surface area contributed by atoms with Crippen molar-refractivity contribution < 1.29 is 9.53 Å². The van der Waals surface area contributed by atoms with E-state index in [0.717, 1.165) is 11.1 Å². The van der Waals surface area contributed by atoms with Gasteiger partial charge in [-0.1, -0.05) is 60.7 Å². The summed E-state index contributed by atoms with van der Waals surface area (Å²) in [4.78, 5) is 12.8. The zero-order chi connectivity index (χ0) is 17.5. The van der Waals surface area contributed by atoms with Crippen LogP contribution in [0.3, 0.4) is 0 Å². The largest absolute Gasteiger partial charge is 0.362 e. The molecule has 25 heavy (non-hydrogen) atoms. The summed E-state index contributed by atoms with van der Waals surface area (Å²) >= 11 is 0. The first-order valence-corrected chi connectivity index (χ1v) is 7.91. The molecule has 5 heteroatoms. The Kier molecular flexibility index (Phi) is 5.39. The van der Waals surface area contributed by atoms with Crippen LogP contribution in [0.25, 0.3) is 11.6 Å². The lowest BCUT2D eigenvalue weighted by atomic mass is 10.0. The average molecular weight is 333 g/mol. The normalized spacial score (nSPS) is 11.3. The van der Waals surface area contributed by atoms with Gasteiger partial charge >= 0.3 is 0 Å². The second-order valence-corrected chi connectivity index (χ2v) is 5.48. The molecule has 1 amide bonds. The van der Waals surface area contributed by atoms with Gasteiger partial charge in [-0.25, -0.2) is 4.68 Å². The van der Waals surface area contributed by atoms with Gasteiger partial charge in [-0.2, -0.15) is 5.10 Å². The number of hydrogen-bond donors (Lipinski definition) is 1. The maximum atomic E-state index is 12.8. The van der Waals surface area contributed by atoms with E-state index in [-0.39, 0.29) is 5.91 Å². The van der Waals surface area contributed by atoms with Crippen molar-refractivity contribution in [2.45, 2.75) is 6.73 Å². The fourth-order valence-corrected chi connectivity index (χ4v) is 2.44.